The zero-order valence-electron chi connectivity index (χ0n) is 16.9. The van der Waals surface area contributed by atoms with Gasteiger partial charge in [0.1, 0.15) is 0 Å². The molecule has 0 atom stereocenters. The van der Waals surface area contributed by atoms with Crippen LogP contribution in [0.2, 0.25) is 0 Å². The van der Waals surface area contributed by atoms with Crippen LogP contribution < -0.4 is 14.9 Å². The first-order valence-electron chi connectivity index (χ1n) is 9.39. The number of allylic oxidation sites excluding steroid dienone is 1. The number of anilines is 1. The van der Waals surface area contributed by atoms with Gasteiger partial charge >= 0.3 is 0 Å². The average Bonchev–Trinajstić information content (AvgIpc) is 3.19. The molecule has 5 nitrogen and oxygen atoms in total. The van der Waals surface area contributed by atoms with E-state index in [0.29, 0.717) is 12.2 Å². The van der Waals surface area contributed by atoms with Crippen LogP contribution in [-0.2, 0) is 6.42 Å². The van der Waals surface area contributed by atoms with Crippen LogP contribution in [0.1, 0.15) is 25.0 Å². The first-order chi connectivity index (χ1) is 14.1. The molecule has 0 fully saturated rings. The van der Waals surface area contributed by atoms with E-state index < -0.39 is 0 Å². The number of benzene rings is 2. The molecule has 1 heterocycles. The molecule has 0 spiro atoms. The molecule has 0 unspecified atom stereocenters. The smallest absolute Gasteiger partial charge is 0.203 e. The number of hydrazone groups is 1. The van der Waals surface area contributed by atoms with E-state index in [1.54, 1.807) is 13.3 Å². The van der Waals surface area contributed by atoms with Crippen LogP contribution in [0.5, 0.6) is 11.5 Å². The Balaban J connectivity index is 1.77. The number of nitrogens with one attached hydrogen (secondary N) is 1. The fourth-order valence-electron chi connectivity index (χ4n) is 2.81. The maximum absolute atomic E-state index is 5.95. The molecule has 1 N–H and O–H groups in total. The van der Waals surface area contributed by atoms with Crippen molar-refractivity contribution in [3.63, 3.8) is 0 Å². The van der Waals surface area contributed by atoms with E-state index in [1.165, 1.54) is 11.3 Å². The van der Waals surface area contributed by atoms with E-state index in [2.05, 4.69) is 22.1 Å². The minimum Gasteiger partial charge on any atom is -0.493 e. The summed E-state index contributed by atoms with van der Waals surface area (Å²) in [6.45, 7) is 7.83. The number of hydrogen-bond acceptors (Lipinski definition) is 6. The van der Waals surface area contributed by atoms with Gasteiger partial charge in [-0.2, -0.15) is 5.10 Å². The molecule has 1 aromatic heterocycles. The Morgan fingerprint density at radius 2 is 2.03 bits per heavy atom. The molecule has 0 radical (unpaired) electrons. The Morgan fingerprint density at radius 1 is 1.24 bits per heavy atom. The largest absolute Gasteiger partial charge is 0.493 e. The molecule has 0 saturated heterocycles. The predicted molar refractivity (Wildman–Crippen MR) is 121 cm³/mol. The lowest BCUT2D eigenvalue weighted by atomic mass is 10.1. The van der Waals surface area contributed by atoms with Gasteiger partial charge in [0.15, 0.2) is 11.5 Å². The van der Waals surface area contributed by atoms with E-state index >= 15 is 0 Å². The minimum atomic E-state index is 0.0531. The molecule has 0 bridgehead atoms. The number of methoxy groups -OCH3 is 1. The molecule has 2 aromatic carbocycles. The average molecular weight is 408 g/mol. The summed E-state index contributed by atoms with van der Waals surface area (Å²) in [4.78, 5) is 4.57. The predicted octanol–water partition coefficient (Wildman–Crippen LogP) is 5.78. The number of thiazole rings is 1. The third-order valence-corrected chi connectivity index (χ3v) is 4.79. The highest BCUT2D eigenvalue weighted by molar-refractivity contribution is 7.14. The SMILES string of the molecule is C=CCc1cc(C=NNc2nc(-c3ccccc3)cs2)cc(OC)c1OC(C)C. The molecule has 29 heavy (non-hydrogen) atoms. The lowest BCUT2D eigenvalue weighted by Crippen LogP contribution is -2.09. The molecule has 3 rings (SSSR count). The molecule has 0 aliphatic carbocycles. The summed E-state index contributed by atoms with van der Waals surface area (Å²) in [6, 6.07) is 14.0. The second-order valence-corrected chi connectivity index (χ2v) is 7.50. The van der Waals surface area contributed by atoms with Crippen molar-refractivity contribution in [3.05, 3.63) is 71.6 Å². The Labute approximate surface area is 175 Å². The fraction of sp³-hybridized carbons (Fsp3) is 0.217. The maximum atomic E-state index is 5.95. The highest BCUT2D eigenvalue weighted by atomic mass is 32.1. The molecule has 0 saturated carbocycles. The summed E-state index contributed by atoms with van der Waals surface area (Å²) in [6.07, 6.45) is 4.33. The highest BCUT2D eigenvalue weighted by Crippen LogP contribution is 2.34. The Kier molecular flexibility index (Phi) is 7.03. The van der Waals surface area contributed by atoms with Crippen LogP contribution in [-0.4, -0.2) is 24.4 Å². The summed E-state index contributed by atoms with van der Waals surface area (Å²) in [5, 5.41) is 7.08. The normalized spacial score (nSPS) is 11.0. The second kappa shape index (κ2) is 9.89. The summed E-state index contributed by atoms with van der Waals surface area (Å²) in [5.41, 5.74) is 6.93. The molecular weight excluding hydrogens is 382 g/mol. The van der Waals surface area contributed by atoms with Crippen LogP contribution in [0.15, 0.2) is 65.6 Å². The third-order valence-electron chi connectivity index (χ3n) is 4.04. The van der Waals surface area contributed by atoms with Crippen molar-refractivity contribution < 1.29 is 9.47 Å². The maximum Gasteiger partial charge on any atom is 0.203 e. The molecule has 0 aliphatic heterocycles. The van der Waals surface area contributed by atoms with Crippen molar-refractivity contribution in [2.75, 3.05) is 12.5 Å². The number of hydrogen-bond donors (Lipinski definition) is 1. The van der Waals surface area contributed by atoms with Gasteiger partial charge in [-0.15, -0.1) is 17.9 Å². The van der Waals surface area contributed by atoms with Crippen LogP contribution in [0.25, 0.3) is 11.3 Å². The first kappa shape index (κ1) is 20.6. The zero-order valence-corrected chi connectivity index (χ0v) is 17.7. The number of rotatable bonds is 9. The van der Waals surface area contributed by atoms with E-state index in [-0.39, 0.29) is 6.10 Å². The number of ether oxygens (including phenoxy) is 2. The van der Waals surface area contributed by atoms with Gasteiger partial charge in [0.05, 0.1) is 25.1 Å². The minimum absolute atomic E-state index is 0.0531. The standard InChI is InChI=1S/C23H25N3O2S/c1-5-9-19-12-17(13-21(27-4)22(19)28-16(2)3)14-24-26-23-25-20(15-29-23)18-10-7-6-8-11-18/h5-8,10-16H,1,9H2,2-4H3,(H,25,26). The van der Waals surface area contributed by atoms with Gasteiger partial charge in [-0.05, 0) is 38.0 Å². The van der Waals surface area contributed by atoms with Crippen molar-refractivity contribution in [1.29, 1.82) is 0 Å². The monoisotopic (exact) mass is 407 g/mol. The van der Waals surface area contributed by atoms with E-state index in [9.17, 15) is 0 Å². The van der Waals surface area contributed by atoms with Crippen LogP contribution >= 0.6 is 11.3 Å². The van der Waals surface area contributed by atoms with Gasteiger partial charge in [0, 0.05) is 16.5 Å². The summed E-state index contributed by atoms with van der Waals surface area (Å²) in [7, 11) is 1.64. The van der Waals surface area contributed by atoms with Gasteiger partial charge in [-0.1, -0.05) is 36.4 Å². The van der Waals surface area contributed by atoms with Crippen molar-refractivity contribution >= 4 is 22.7 Å². The van der Waals surface area contributed by atoms with Gasteiger partial charge in [-0.25, -0.2) is 4.98 Å². The Hall–Kier alpha value is -3.12. The van der Waals surface area contributed by atoms with Crippen molar-refractivity contribution in [2.45, 2.75) is 26.4 Å². The molecule has 150 valence electrons. The summed E-state index contributed by atoms with van der Waals surface area (Å²) in [5.74, 6) is 1.43. The van der Waals surface area contributed by atoms with Gasteiger partial charge < -0.3 is 9.47 Å². The Bertz CT molecular complexity index is 981. The zero-order chi connectivity index (χ0) is 20.6. The molecular formula is C23H25N3O2S. The van der Waals surface area contributed by atoms with Gasteiger partial charge in [0.25, 0.3) is 0 Å². The molecule has 0 amide bonds. The number of nitrogens with zero attached hydrogens (tertiary/aromatic N) is 2. The van der Waals surface area contributed by atoms with Crippen LogP contribution in [0, 0.1) is 0 Å². The fourth-order valence-corrected chi connectivity index (χ4v) is 3.48. The Morgan fingerprint density at radius 3 is 2.72 bits per heavy atom. The van der Waals surface area contributed by atoms with Crippen LogP contribution in [0.3, 0.4) is 0 Å². The van der Waals surface area contributed by atoms with Crippen LogP contribution in [0.4, 0.5) is 5.13 Å². The van der Waals surface area contributed by atoms with E-state index in [1.807, 2.05) is 67.8 Å². The molecule has 6 heteroatoms. The molecule has 3 aromatic rings. The number of aromatic nitrogens is 1. The highest BCUT2D eigenvalue weighted by Gasteiger charge is 2.13. The van der Waals surface area contributed by atoms with Gasteiger partial charge in [-0.3, -0.25) is 5.43 Å². The van der Waals surface area contributed by atoms with E-state index in [4.69, 9.17) is 9.47 Å². The first-order valence-corrected chi connectivity index (χ1v) is 10.3. The van der Waals surface area contributed by atoms with Crippen molar-refractivity contribution in [2.24, 2.45) is 5.10 Å². The van der Waals surface area contributed by atoms with Crippen molar-refractivity contribution in [1.82, 2.24) is 4.98 Å². The lowest BCUT2D eigenvalue weighted by molar-refractivity contribution is 0.228. The lowest BCUT2D eigenvalue weighted by Gasteiger charge is -2.17. The summed E-state index contributed by atoms with van der Waals surface area (Å²) < 4.78 is 11.5. The third kappa shape index (κ3) is 5.45. The second-order valence-electron chi connectivity index (χ2n) is 6.64. The summed E-state index contributed by atoms with van der Waals surface area (Å²) >= 11 is 1.51. The molecule has 0 aliphatic rings. The topological polar surface area (TPSA) is 55.7 Å². The van der Waals surface area contributed by atoms with Crippen molar-refractivity contribution in [3.8, 4) is 22.8 Å². The van der Waals surface area contributed by atoms with Gasteiger partial charge in [0.2, 0.25) is 5.13 Å². The van der Waals surface area contributed by atoms with E-state index in [0.717, 1.165) is 33.3 Å². The quantitative estimate of drug-likeness (QED) is 0.277.